The summed E-state index contributed by atoms with van der Waals surface area (Å²) < 4.78 is 7.43. The molecule has 3 aromatic carbocycles. The van der Waals surface area contributed by atoms with Crippen LogP contribution in [0.15, 0.2) is 109 Å². The third-order valence-electron chi connectivity index (χ3n) is 6.77. The Kier molecular flexibility index (Phi) is 6.49. The molecule has 0 atom stereocenters. The predicted molar refractivity (Wildman–Crippen MR) is 147 cm³/mol. The normalized spacial score (nSPS) is 14.2. The number of benzene rings is 3. The van der Waals surface area contributed by atoms with E-state index in [-0.39, 0.29) is 12.5 Å². The molecular formula is C32H31N3O3. The van der Waals surface area contributed by atoms with Crippen molar-refractivity contribution in [2.75, 3.05) is 6.54 Å². The van der Waals surface area contributed by atoms with Crippen LogP contribution in [0.1, 0.15) is 50.1 Å². The molecule has 6 nitrogen and oxygen atoms in total. The van der Waals surface area contributed by atoms with Gasteiger partial charge in [0, 0.05) is 17.3 Å². The Labute approximate surface area is 223 Å². The maximum atomic E-state index is 13.0. The smallest absolute Gasteiger partial charge is 0.417 e. The van der Waals surface area contributed by atoms with Crippen LogP contribution in [-0.2, 0) is 15.1 Å². The number of hydrogen-bond acceptors (Lipinski definition) is 4. The van der Waals surface area contributed by atoms with Crippen molar-refractivity contribution in [3.05, 3.63) is 131 Å². The van der Waals surface area contributed by atoms with Crippen LogP contribution in [-0.4, -0.2) is 38.8 Å². The second-order valence-corrected chi connectivity index (χ2v) is 10.4. The molecule has 5 rings (SSSR count). The van der Waals surface area contributed by atoms with E-state index in [9.17, 15) is 9.59 Å². The van der Waals surface area contributed by atoms with Crippen LogP contribution in [0, 0.1) is 0 Å². The average molecular weight is 506 g/mol. The Morgan fingerprint density at radius 1 is 0.789 bits per heavy atom. The van der Waals surface area contributed by atoms with Gasteiger partial charge in [-0.25, -0.2) is 9.69 Å². The summed E-state index contributed by atoms with van der Waals surface area (Å²) in [6.07, 6.45) is 1.30. The molecule has 2 amide bonds. The Bertz CT molecular complexity index is 1390. The van der Waals surface area contributed by atoms with Gasteiger partial charge in [0.2, 0.25) is 0 Å². The number of aromatic nitrogens is 2. The molecule has 1 aliphatic heterocycles. The van der Waals surface area contributed by atoms with Crippen LogP contribution >= 0.6 is 0 Å². The van der Waals surface area contributed by atoms with Gasteiger partial charge in [0.05, 0.1) is 12.2 Å². The van der Waals surface area contributed by atoms with E-state index in [1.807, 2.05) is 71.5 Å². The lowest BCUT2D eigenvalue weighted by molar-refractivity contribution is -0.124. The van der Waals surface area contributed by atoms with E-state index >= 15 is 0 Å². The molecule has 1 aliphatic rings. The molecule has 0 bridgehead atoms. The van der Waals surface area contributed by atoms with Crippen molar-refractivity contribution < 1.29 is 14.3 Å². The summed E-state index contributed by atoms with van der Waals surface area (Å²) in [6.45, 7) is 7.20. The van der Waals surface area contributed by atoms with Gasteiger partial charge in [-0.05, 0) is 50.5 Å². The largest absolute Gasteiger partial charge is 0.443 e. The fourth-order valence-corrected chi connectivity index (χ4v) is 5.02. The van der Waals surface area contributed by atoms with Crippen molar-refractivity contribution in [2.24, 2.45) is 0 Å². The molecule has 0 saturated heterocycles. The van der Waals surface area contributed by atoms with Gasteiger partial charge in [0.15, 0.2) is 0 Å². The number of amides is 2. The minimum absolute atomic E-state index is 0.117. The van der Waals surface area contributed by atoms with Gasteiger partial charge in [-0.1, -0.05) is 91.0 Å². The van der Waals surface area contributed by atoms with Crippen LogP contribution in [0.5, 0.6) is 0 Å². The Morgan fingerprint density at radius 3 is 1.71 bits per heavy atom. The molecule has 4 aromatic rings. The molecule has 192 valence electrons. The maximum absolute atomic E-state index is 13.0. The highest BCUT2D eigenvalue weighted by atomic mass is 16.6. The van der Waals surface area contributed by atoms with Gasteiger partial charge in [0.1, 0.15) is 11.1 Å². The topological polar surface area (TPSA) is 64.4 Å². The van der Waals surface area contributed by atoms with Gasteiger partial charge in [-0.3, -0.25) is 9.48 Å². The number of nitrogens with zero attached hydrogens (tertiary/aromatic N) is 3. The SMILES string of the molecule is CC1=C(c2ccn(C(c3ccccc3)(c3ccccc3)c3ccccc3)n2)CN(C(=O)OC(C)(C)C)C1=O. The predicted octanol–water partition coefficient (Wildman–Crippen LogP) is 6.27. The zero-order valence-corrected chi connectivity index (χ0v) is 22.1. The third kappa shape index (κ3) is 4.43. The summed E-state index contributed by atoms with van der Waals surface area (Å²) >= 11 is 0. The van der Waals surface area contributed by atoms with Crippen molar-refractivity contribution in [1.29, 1.82) is 0 Å². The molecule has 0 radical (unpaired) electrons. The molecule has 0 N–H and O–H groups in total. The first-order chi connectivity index (χ1) is 18.2. The highest BCUT2D eigenvalue weighted by Crippen LogP contribution is 2.41. The lowest BCUT2D eigenvalue weighted by atomic mass is 9.77. The lowest BCUT2D eigenvalue weighted by Crippen LogP contribution is -2.38. The highest BCUT2D eigenvalue weighted by molar-refractivity contribution is 6.11. The van der Waals surface area contributed by atoms with Crippen molar-refractivity contribution in [1.82, 2.24) is 14.7 Å². The van der Waals surface area contributed by atoms with E-state index in [0.29, 0.717) is 16.8 Å². The number of hydrogen-bond donors (Lipinski definition) is 0. The number of rotatable bonds is 5. The lowest BCUT2D eigenvalue weighted by Gasteiger charge is -2.36. The summed E-state index contributed by atoms with van der Waals surface area (Å²) in [5, 5.41) is 5.07. The number of imide groups is 1. The zero-order chi connectivity index (χ0) is 26.9. The molecule has 0 saturated carbocycles. The molecule has 2 heterocycles. The molecule has 6 heteroatoms. The molecular weight excluding hydrogens is 474 g/mol. The standard InChI is InChI=1S/C32H31N3O3/c1-23-27(22-34(29(23)36)30(37)38-31(2,3)4)28-20-21-35(33-28)32(24-14-8-5-9-15-24,25-16-10-6-11-17-25)26-18-12-7-13-19-26/h5-21H,22H2,1-4H3. The summed E-state index contributed by atoms with van der Waals surface area (Å²) in [5.74, 6) is -0.357. The third-order valence-corrected chi connectivity index (χ3v) is 6.77. The highest BCUT2D eigenvalue weighted by Gasteiger charge is 2.41. The average Bonchev–Trinajstić information content (AvgIpc) is 3.51. The van der Waals surface area contributed by atoms with Crippen LogP contribution in [0.25, 0.3) is 5.57 Å². The van der Waals surface area contributed by atoms with Crippen LogP contribution in [0.4, 0.5) is 4.79 Å². The number of ether oxygens (including phenoxy) is 1. The van der Waals surface area contributed by atoms with Gasteiger partial charge < -0.3 is 4.74 Å². The van der Waals surface area contributed by atoms with Crippen LogP contribution in [0.2, 0.25) is 0 Å². The van der Waals surface area contributed by atoms with Gasteiger partial charge in [-0.15, -0.1) is 0 Å². The Morgan fingerprint density at radius 2 is 1.26 bits per heavy atom. The number of carbonyl (C=O) groups excluding carboxylic acids is 2. The van der Waals surface area contributed by atoms with Crippen molar-refractivity contribution in [3.8, 4) is 0 Å². The Hall–Kier alpha value is -4.45. The zero-order valence-electron chi connectivity index (χ0n) is 22.1. The summed E-state index contributed by atoms with van der Waals surface area (Å²) in [7, 11) is 0. The van der Waals surface area contributed by atoms with Gasteiger partial charge in [0.25, 0.3) is 5.91 Å². The molecule has 0 aliphatic carbocycles. The summed E-state index contributed by atoms with van der Waals surface area (Å²) in [5.41, 5.74) is 3.55. The minimum Gasteiger partial charge on any atom is -0.443 e. The van der Waals surface area contributed by atoms with Gasteiger partial charge >= 0.3 is 6.09 Å². The molecule has 0 fully saturated rings. The van der Waals surface area contributed by atoms with Crippen molar-refractivity contribution >= 4 is 17.6 Å². The second-order valence-electron chi connectivity index (χ2n) is 10.4. The van der Waals surface area contributed by atoms with E-state index in [2.05, 4.69) is 36.4 Å². The maximum Gasteiger partial charge on any atom is 0.417 e. The number of carbonyl (C=O) groups is 2. The monoisotopic (exact) mass is 505 g/mol. The minimum atomic E-state index is -0.760. The van der Waals surface area contributed by atoms with E-state index in [1.54, 1.807) is 27.7 Å². The molecule has 1 aromatic heterocycles. The van der Waals surface area contributed by atoms with Gasteiger partial charge in [-0.2, -0.15) is 5.10 Å². The van der Waals surface area contributed by atoms with Crippen LogP contribution in [0.3, 0.4) is 0 Å². The Balaban J connectivity index is 1.64. The summed E-state index contributed by atoms with van der Waals surface area (Å²) in [4.78, 5) is 26.9. The fourth-order valence-electron chi connectivity index (χ4n) is 5.02. The van der Waals surface area contributed by atoms with E-state index < -0.39 is 17.2 Å². The molecule has 0 spiro atoms. The first-order valence-corrected chi connectivity index (χ1v) is 12.7. The first-order valence-electron chi connectivity index (χ1n) is 12.7. The quantitative estimate of drug-likeness (QED) is 0.300. The second kappa shape index (κ2) is 9.78. The molecule has 0 unspecified atom stereocenters. The van der Waals surface area contributed by atoms with Crippen LogP contribution < -0.4 is 0 Å². The fraction of sp³-hybridized carbons (Fsp3) is 0.219. The van der Waals surface area contributed by atoms with Crippen molar-refractivity contribution in [3.63, 3.8) is 0 Å². The molecule has 38 heavy (non-hydrogen) atoms. The summed E-state index contributed by atoms with van der Waals surface area (Å²) in [6, 6.07) is 32.7. The van der Waals surface area contributed by atoms with Crippen molar-refractivity contribution in [2.45, 2.75) is 38.8 Å². The van der Waals surface area contributed by atoms with E-state index in [1.165, 1.54) is 0 Å². The van der Waals surface area contributed by atoms with E-state index in [0.717, 1.165) is 21.6 Å². The first kappa shape index (κ1) is 25.2. The van der Waals surface area contributed by atoms with E-state index in [4.69, 9.17) is 9.84 Å².